The number of piperidine rings is 1. The Kier molecular flexibility index (Phi) is 9.34. The lowest BCUT2D eigenvalue weighted by Gasteiger charge is -2.39. The van der Waals surface area contributed by atoms with E-state index >= 15 is 0 Å². The summed E-state index contributed by atoms with van der Waals surface area (Å²) in [5.74, 6) is -0.366. The van der Waals surface area contributed by atoms with Gasteiger partial charge in [-0.3, -0.25) is 9.59 Å². The van der Waals surface area contributed by atoms with E-state index in [9.17, 15) is 19.5 Å². The minimum atomic E-state index is -0.977. The number of likely N-dealkylation sites (tertiary alicyclic amines) is 1. The van der Waals surface area contributed by atoms with Gasteiger partial charge in [-0.15, -0.1) is 11.3 Å². The second-order valence-corrected chi connectivity index (χ2v) is 11.4. The Hall–Kier alpha value is -2.15. The average Bonchev–Trinajstić information content (AvgIpc) is 3.25. The van der Waals surface area contributed by atoms with Crippen LogP contribution in [0.25, 0.3) is 5.57 Å². The van der Waals surface area contributed by atoms with E-state index in [1.807, 2.05) is 24.8 Å². The normalized spacial score (nSPS) is 17.2. The van der Waals surface area contributed by atoms with Gasteiger partial charge in [-0.2, -0.15) is 0 Å². The van der Waals surface area contributed by atoms with E-state index in [4.69, 9.17) is 0 Å². The van der Waals surface area contributed by atoms with Gasteiger partial charge in [-0.1, -0.05) is 40.2 Å². The standard InChI is InChI=1S/C27H40N2O4S/c1-18(2)9-8-12-24(30)29(21-13-15-28(16-14-21)26(31)19(3)4)22-17-23(34-25(22)27(32)33)20-10-6-5-7-11-20/h10,17-19,21H,5-9,11-16H2,1-4H3,(H,32,33). The summed E-state index contributed by atoms with van der Waals surface area (Å²) in [6, 6.07) is 1.85. The van der Waals surface area contributed by atoms with Crippen LogP contribution in [0.5, 0.6) is 0 Å². The van der Waals surface area contributed by atoms with E-state index in [1.54, 1.807) is 4.90 Å². The highest BCUT2D eigenvalue weighted by molar-refractivity contribution is 7.15. The van der Waals surface area contributed by atoms with Crippen molar-refractivity contribution >= 4 is 40.4 Å². The fraction of sp³-hybridized carbons (Fsp3) is 0.667. The Balaban J connectivity index is 1.90. The van der Waals surface area contributed by atoms with Crippen molar-refractivity contribution in [2.24, 2.45) is 11.8 Å². The molecule has 0 bridgehead atoms. The highest BCUT2D eigenvalue weighted by Crippen LogP contribution is 2.40. The number of hydrogen-bond donors (Lipinski definition) is 1. The number of hydrogen-bond acceptors (Lipinski definition) is 4. The van der Waals surface area contributed by atoms with Gasteiger partial charge in [-0.25, -0.2) is 4.79 Å². The largest absolute Gasteiger partial charge is 0.477 e. The van der Waals surface area contributed by atoms with Crippen molar-refractivity contribution in [1.82, 2.24) is 4.90 Å². The number of nitrogens with zero attached hydrogens (tertiary/aromatic N) is 2. The Bertz CT molecular complexity index is 910. The summed E-state index contributed by atoms with van der Waals surface area (Å²) in [4.78, 5) is 43.2. The molecule has 0 radical (unpaired) electrons. The molecule has 2 amide bonds. The first kappa shape index (κ1) is 26.5. The number of rotatable bonds is 9. The minimum absolute atomic E-state index is 0.00115. The monoisotopic (exact) mass is 488 g/mol. The molecule has 188 valence electrons. The van der Waals surface area contributed by atoms with Crippen molar-refractivity contribution in [1.29, 1.82) is 0 Å². The van der Waals surface area contributed by atoms with Gasteiger partial charge in [-0.05, 0) is 62.5 Å². The number of anilines is 1. The van der Waals surface area contributed by atoms with Gasteiger partial charge >= 0.3 is 5.97 Å². The summed E-state index contributed by atoms with van der Waals surface area (Å²) in [6.45, 7) is 9.31. The van der Waals surface area contributed by atoms with Crippen LogP contribution in [0.1, 0.15) is 100 Å². The van der Waals surface area contributed by atoms with Gasteiger partial charge in [0.2, 0.25) is 11.8 Å². The molecule has 3 rings (SSSR count). The molecule has 0 unspecified atom stereocenters. The maximum Gasteiger partial charge on any atom is 0.348 e. The van der Waals surface area contributed by atoms with Gasteiger partial charge in [0.25, 0.3) is 0 Å². The summed E-state index contributed by atoms with van der Waals surface area (Å²) < 4.78 is 0. The summed E-state index contributed by atoms with van der Waals surface area (Å²) in [7, 11) is 0. The van der Waals surface area contributed by atoms with E-state index in [0.29, 0.717) is 44.0 Å². The van der Waals surface area contributed by atoms with Crippen LogP contribution in [0.2, 0.25) is 0 Å². The first-order chi connectivity index (χ1) is 16.2. The molecule has 1 saturated heterocycles. The minimum Gasteiger partial charge on any atom is -0.477 e. The van der Waals surface area contributed by atoms with E-state index in [1.165, 1.54) is 23.3 Å². The van der Waals surface area contributed by atoms with Crippen LogP contribution in [0.3, 0.4) is 0 Å². The Morgan fingerprint density at radius 3 is 2.41 bits per heavy atom. The lowest BCUT2D eigenvalue weighted by molar-refractivity contribution is -0.135. The molecule has 1 aromatic rings. The van der Waals surface area contributed by atoms with Crippen LogP contribution in [-0.2, 0) is 9.59 Å². The first-order valence-corrected chi connectivity index (χ1v) is 13.7. The number of amides is 2. The molecule has 2 heterocycles. The summed E-state index contributed by atoms with van der Waals surface area (Å²) >= 11 is 1.30. The van der Waals surface area contributed by atoms with E-state index < -0.39 is 5.97 Å². The molecule has 0 saturated carbocycles. The topological polar surface area (TPSA) is 77.9 Å². The Morgan fingerprint density at radius 1 is 1.15 bits per heavy atom. The maximum atomic E-state index is 13.6. The molecule has 1 aromatic heterocycles. The Labute approximate surface area is 208 Å². The van der Waals surface area contributed by atoms with E-state index in [2.05, 4.69) is 19.9 Å². The molecule has 1 aliphatic heterocycles. The second kappa shape index (κ2) is 12.0. The van der Waals surface area contributed by atoms with Crippen LogP contribution in [0.4, 0.5) is 5.69 Å². The van der Waals surface area contributed by atoms with Crippen molar-refractivity contribution in [3.05, 3.63) is 21.9 Å². The molecule has 1 N–H and O–H groups in total. The van der Waals surface area contributed by atoms with E-state index in [-0.39, 0.29) is 28.7 Å². The zero-order valence-corrected chi connectivity index (χ0v) is 22.0. The Morgan fingerprint density at radius 2 is 1.85 bits per heavy atom. The lowest BCUT2D eigenvalue weighted by Crippen LogP contribution is -2.50. The summed E-state index contributed by atoms with van der Waals surface area (Å²) in [6.07, 6.45) is 9.98. The number of thiophene rings is 1. The molecule has 0 spiro atoms. The maximum absolute atomic E-state index is 13.6. The predicted molar refractivity (Wildman–Crippen MR) is 138 cm³/mol. The average molecular weight is 489 g/mol. The van der Waals surface area contributed by atoms with Crippen molar-refractivity contribution in [3.8, 4) is 0 Å². The summed E-state index contributed by atoms with van der Waals surface area (Å²) in [5.41, 5.74) is 1.75. The second-order valence-electron chi connectivity index (χ2n) is 10.4. The molecule has 1 fully saturated rings. The SMILES string of the molecule is CC(C)CCCC(=O)N(c1cc(C2=CCCCC2)sc1C(=O)O)C1CCN(C(=O)C(C)C)CC1. The molecule has 34 heavy (non-hydrogen) atoms. The van der Waals surface area contributed by atoms with Crippen molar-refractivity contribution in [2.75, 3.05) is 18.0 Å². The van der Waals surface area contributed by atoms with E-state index in [0.717, 1.165) is 37.0 Å². The number of carbonyl (C=O) groups excluding carboxylic acids is 2. The third-order valence-electron chi connectivity index (χ3n) is 6.85. The van der Waals surface area contributed by atoms with Crippen LogP contribution in [0.15, 0.2) is 12.1 Å². The number of allylic oxidation sites excluding steroid dienone is 2. The predicted octanol–water partition coefficient (Wildman–Crippen LogP) is 6.21. The fourth-order valence-corrected chi connectivity index (χ4v) is 6.02. The lowest BCUT2D eigenvalue weighted by atomic mass is 9.97. The number of carbonyl (C=O) groups is 3. The number of carboxylic acid groups (broad SMARTS) is 1. The molecule has 0 atom stereocenters. The first-order valence-electron chi connectivity index (χ1n) is 12.9. The molecule has 2 aliphatic rings. The number of carboxylic acids is 1. The van der Waals surface area contributed by atoms with Crippen LogP contribution < -0.4 is 4.90 Å². The van der Waals surface area contributed by atoms with Crippen molar-refractivity contribution in [2.45, 2.75) is 91.5 Å². The third kappa shape index (κ3) is 6.49. The number of aromatic carboxylic acids is 1. The van der Waals surface area contributed by atoms with Crippen LogP contribution in [-0.4, -0.2) is 46.9 Å². The smallest absolute Gasteiger partial charge is 0.348 e. The van der Waals surface area contributed by atoms with Crippen LogP contribution >= 0.6 is 11.3 Å². The molecule has 0 aromatic carbocycles. The van der Waals surface area contributed by atoms with Gasteiger partial charge < -0.3 is 14.9 Å². The van der Waals surface area contributed by atoms with Gasteiger partial charge in [0.05, 0.1) is 5.69 Å². The van der Waals surface area contributed by atoms with Gasteiger partial charge in [0, 0.05) is 36.3 Å². The van der Waals surface area contributed by atoms with Gasteiger partial charge in [0.15, 0.2) is 0 Å². The molecule has 7 heteroatoms. The molecule has 6 nitrogen and oxygen atoms in total. The van der Waals surface area contributed by atoms with Crippen molar-refractivity contribution < 1.29 is 19.5 Å². The molecular formula is C27H40N2O4S. The van der Waals surface area contributed by atoms with Crippen LogP contribution in [0, 0.1) is 11.8 Å². The highest BCUT2D eigenvalue weighted by atomic mass is 32.1. The highest BCUT2D eigenvalue weighted by Gasteiger charge is 2.34. The zero-order valence-electron chi connectivity index (χ0n) is 21.1. The quantitative estimate of drug-likeness (QED) is 0.448. The van der Waals surface area contributed by atoms with Crippen molar-refractivity contribution in [3.63, 3.8) is 0 Å². The molecular weight excluding hydrogens is 448 g/mol. The zero-order chi connectivity index (χ0) is 24.8. The summed E-state index contributed by atoms with van der Waals surface area (Å²) in [5, 5.41) is 10.0. The fourth-order valence-electron chi connectivity index (χ4n) is 4.96. The third-order valence-corrected chi connectivity index (χ3v) is 8.04. The van der Waals surface area contributed by atoms with Gasteiger partial charge in [0.1, 0.15) is 4.88 Å². The molecule has 1 aliphatic carbocycles.